The molecule has 0 radical (unpaired) electrons. The molecule has 4 rings (SSSR count). The number of thiazole rings is 1. The summed E-state index contributed by atoms with van der Waals surface area (Å²) in [6.07, 6.45) is 5.99. The zero-order chi connectivity index (χ0) is 21.3. The number of fused-ring (bicyclic) bond motifs is 1. The van der Waals surface area contributed by atoms with Gasteiger partial charge in [-0.1, -0.05) is 32.1 Å². The second kappa shape index (κ2) is 8.39. The van der Waals surface area contributed by atoms with Crippen molar-refractivity contribution in [2.75, 3.05) is 10.3 Å². The number of hydrogen-bond donors (Lipinski definition) is 2. The molecule has 156 valence electrons. The first-order valence-electron chi connectivity index (χ1n) is 10.1. The minimum absolute atomic E-state index is 0.153. The highest BCUT2D eigenvalue weighted by Crippen LogP contribution is 2.32. The molecule has 2 aliphatic rings. The normalized spacial score (nSPS) is 21.7. The number of allylic oxidation sites excluding steroid dienone is 2. The number of benzene rings is 1. The molecular weight excluding hydrogens is 400 g/mol. The number of amides is 3. The predicted octanol–water partition coefficient (Wildman–Crippen LogP) is 3.87. The van der Waals surface area contributed by atoms with Crippen molar-refractivity contribution in [1.29, 1.82) is 0 Å². The van der Waals surface area contributed by atoms with Crippen molar-refractivity contribution in [1.82, 2.24) is 10.4 Å². The van der Waals surface area contributed by atoms with Crippen molar-refractivity contribution in [3.63, 3.8) is 0 Å². The first-order chi connectivity index (χ1) is 14.5. The van der Waals surface area contributed by atoms with Gasteiger partial charge in [-0.2, -0.15) is 0 Å². The fourth-order valence-electron chi connectivity index (χ4n) is 3.72. The van der Waals surface area contributed by atoms with Gasteiger partial charge in [0.25, 0.3) is 5.91 Å². The molecule has 1 aromatic heterocycles. The van der Waals surface area contributed by atoms with E-state index in [4.69, 9.17) is 0 Å². The zero-order valence-electron chi connectivity index (χ0n) is 16.9. The van der Waals surface area contributed by atoms with Gasteiger partial charge in [-0.3, -0.25) is 25.1 Å². The third-order valence-corrected chi connectivity index (χ3v) is 6.53. The van der Waals surface area contributed by atoms with Crippen LogP contribution in [0.15, 0.2) is 41.8 Å². The van der Waals surface area contributed by atoms with Gasteiger partial charge in [0.2, 0.25) is 11.8 Å². The topological polar surface area (TPSA) is 91.4 Å². The number of hydrazine groups is 1. The highest BCUT2D eigenvalue weighted by atomic mass is 32.1. The largest absolute Gasteiger partial charge is 0.298 e. The number of carbonyl (C=O) groups excluding carboxylic acids is 3. The number of rotatable bonds is 5. The summed E-state index contributed by atoms with van der Waals surface area (Å²) < 4.78 is 0. The van der Waals surface area contributed by atoms with E-state index in [0.717, 1.165) is 12.1 Å². The van der Waals surface area contributed by atoms with E-state index in [1.807, 2.05) is 17.5 Å². The van der Waals surface area contributed by atoms with Gasteiger partial charge in [0.15, 0.2) is 5.13 Å². The zero-order valence-corrected chi connectivity index (χ0v) is 17.7. The second-order valence-corrected chi connectivity index (χ2v) is 8.55. The number of aromatic nitrogens is 1. The van der Waals surface area contributed by atoms with E-state index < -0.39 is 0 Å². The Bertz CT molecular complexity index is 1020. The second-order valence-electron chi connectivity index (χ2n) is 7.70. The van der Waals surface area contributed by atoms with Gasteiger partial charge < -0.3 is 0 Å². The van der Waals surface area contributed by atoms with Crippen LogP contribution < -0.4 is 15.8 Å². The molecule has 1 aromatic carbocycles. The molecular formula is C22H24N4O3S. The maximum atomic E-state index is 12.9. The van der Waals surface area contributed by atoms with Gasteiger partial charge in [0, 0.05) is 10.9 Å². The monoisotopic (exact) mass is 424 g/mol. The Balaban J connectivity index is 1.51. The average molecular weight is 425 g/mol. The molecule has 2 heterocycles. The SMILES string of the molecule is CC[C@H](C)c1csc(NC(=O)c2cccc(N3NC(=O)[C@H]4CC=CC[C@@H]4C3=O)c2)n1. The van der Waals surface area contributed by atoms with Crippen molar-refractivity contribution in [2.45, 2.75) is 39.0 Å². The minimum atomic E-state index is -0.365. The first kappa shape index (κ1) is 20.3. The number of anilines is 2. The lowest BCUT2D eigenvalue weighted by atomic mass is 9.80. The van der Waals surface area contributed by atoms with Crippen LogP contribution in [-0.2, 0) is 9.59 Å². The Hall–Kier alpha value is -3.00. The molecule has 3 atom stereocenters. The number of hydrogen-bond acceptors (Lipinski definition) is 5. The van der Waals surface area contributed by atoms with Crippen molar-refractivity contribution < 1.29 is 14.4 Å². The molecule has 2 N–H and O–H groups in total. The summed E-state index contributed by atoms with van der Waals surface area (Å²) in [6.45, 7) is 4.20. The van der Waals surface area contributed by atoms with E-state index >= 15 is 0 Å². The van der Waals surface area contributed by atoms with Gasteiger partial charge in [0.1, 0.15) is 0 Å². The lowest BCUT2D eigenvalue weighted by Crippen LogP contribution is -2.59. The molecule has 7 nitrogen and oxygen atoms in total. The Kier molecular flexibility index (Phi) is 5.67. The van der Waals surface area contributed by atoms with Crippen LogP contribution in [0.4, 0.5) is 10.8 Å². The molecule has 30 heavy (non-hydrogen) atoms. The summed E-state index contributed by atoms with van der Waals surface area (Å²) in [5.41, 5.74) is 4.51. The molecule has 0 unspecified atom stereocenters. The van der Waals surface area contributed by atoms with Crippen molar-refractivity contribution in [3.05, 3.63) is 53.1 Å². The van der Waals surface area contributed by atoms with Crippen LogP contribution in [0, 0.1) is 11.8 Å². The summed E-state index contributed by atoms with van der Waals surface area (Å²) in [5, 5.41) is 6.59. The van der Waals surface area contributed by atoms with E-state index in [1.165, 1.54) is 16.3 Å². The van der Waals surface area contributed by atoms with E-state index in [1.54, 1.807) is 24.3 Å². The van der Waals surface area contributed by atoms with Gasteiger partial charge >= 0.3 is 0 Å². The predicted molar refractivity (Wildman–Crippen MR) is 116 cm³/mol. The molecule has 0 saturated carbocycles. The molecule has 0 bridgehead atoms. The molecule has 3 amide bonds. The molecule has 2 aromatic rings. The maximum Gasteiger partial charge on any atom is 0.257 e. The third-order valence-electron chi connectivity index (χ3n) is 5.75. The summed E-state index contributed by atoms with van der Waals surface area (Å²) in [6, 6.07) is 6.68. The summed E-state index contributed by atoms with van der Waals surface area (Å²) in [7, 11) is 0. The fourth-order valence-corrected chi connectivity index (χ4v) is 4.54. The van der Waals surface area contributed by atoms with Crippen LogP contribution in [0.3, 0.4) is 0 Å². The van der Waals surface area contributed by atoms with E-state index in [-0.39, 0.29) is 29.6 Å². The summed E-state index contributed by atoms with van der Waals surface area (Å²) >= 11 is 1.39. The van der Waals surface area contributed by atoms with Crippen LogP contribution in [0.5, 0.6) is 0 Å². The van der Waals surface area contributed by atoms with Crippen LogP contribution in [0.1, 0.15) is 55.1 Å². The lowest BCUT2D eigenvalue weighted by Gasteiger charge is -2.38. The Morgan fingerprint density at radius 2 is 2.07 bits per heavy atom. The molecule has 0 spiro atoms. The highest BCUT2D eigenvalue weighted by Gasteiger charge is 2.42. The van der Waals surface area contributed by atoms with Crippen molar-refractivity contribution >= 4 is 39.9 Å². The Morgan fingerprint density at radius 1 is 1.30 bits per heavy atom. The average Bonchev–Trinajstić information content (AvgIpc) is 3.24. The minimum Gasteiger partial charge on any atom is -0.298 e. The van der Waals surface area contributed by atoms with Gasteiger partial charge in [-0.25, -0.2) is 9.99 Å². The summed E-state index contributed by atoms with van der Waals surface area (Å²) in [5.74, 6) is -0.984. The van der Waals surface area contributed by atoms with Gasteiger partial charge in [-0.05, 0) is 43.4 Å². The lowest BCUT2D eigenvalue weighted by molar-refractivity contribution is -0.139. The molecule has 1 saturated heterocycles. The first-order valence-corrected chi connectivity index (χ1v) is 11.0. The number of nitrogens with one attached hydrogen (secondary N) is 2. The molecule has 1 aliphatic carbocycles. The number of nitrogens with zero attached hydrogens (tertiary/aromatic N) is 2. The van der Waals surface area contributed by atoms with E-state index in [2.05, 4.69) is 29.6 Å². The van der Waals surface area contributed by atoms with Crippen molar-refractivity contribution in [3.8, 4) is 0 Å². The maximum absolute atomic E-state index is 12.9. The summed E-state index contributed by atoms with van der Waals surface area (Å²) in [4.78, 5) is 42.6. The number of carbonyl (C=O) groups is 3. The van der Waals surface area contributed by atoms with Crippen LogP contribution in [0.2, 0.25) is 0 Å². The molecule has 8 heteroatoms. The van der Waals surface area contributed by atoms with E-state index in [9.17, 15) is 14.4 Å². The molecule has 1 aliphatic heterocycles. The van der Waals surface area contributed by atoms with Gasteiger partial charge in [0.05, 0.1) is 23.2 Å². The highest BCUT2D eigenvalue weighted by molar-refractivity contribution is 7.14. The van der Waals surface area contributed by atoms with E-state index in [0.29, 0.717) is 35.1 Å². The van der Waals surface area contributed by atoms with Gasteiger partial charge in [-0.15, -0.1) is 11.3 Å². The fraction of sp³-hybridized carbons (Fsp3) is 0.364. The third kappa shape index (κ3) is 3.87. The van der Waals surface area contributed by atoms with Crippen molar-refractivity contribution in [2.24, 2.45) is 11.8 Å². The molecule has 1 fully saturated rings. The Morgan fingerprint density at radius 3 is 2.83 bits per heavy atom. The van der Waals surface area contributed by atoms with Crippen LogP contribution in [0.25, 0.3) is 0 Å². The smallest absolute Gasteiger partial charge is 0.257 e. The van der Waals surface area contributed by atoms with Crippen LogP contribution >= 0.6 is 11.3 Å². The standard InChI is InChI=1S/C22H24N4O3S/c1-3-13(2)18-12-30-22(23-18)24-19(27)14-7-6-8-15(11-14)26-21(29)17-10-5-4-9-16(17)20(28)25-26/h4-8,11-13,16-17H,3,9-10H2,1-2H3,(H,25,28)(H,23,24,27)/t13-,16-,17-/m0/s1. The van der Waals surface area contributed by atoms with Crippen LogP contribution in [-0.4, -0.2) is 22.7 Å². The Labute approximate surface area is 179 Å². The quantitative estimate of drug-likeness (QED) is 0.713.